The van der Waals surface area contributed by atoms with Gasteiger partial charge in [0, 0.05) is 31.3 Å². The van der Waals surface area contributed by atoms with Gasteiger partial charge in [0.1, 0.15) is 12.1 Å². The number of likely N-dealkylation sites (tertiary alicyclic amines) is 1. The molecule has 1 aromatic carbocycles. The molecule has 1 atom stereocenters. The van der Waals surface area contributed by atoms with E-state index >= 15 is 0 Å². The first kappa shape index (κ1) is 24.7. The number of hydrogen-bond acceptors (Lipinski definition) is 5. The first-order chi connectivity index (χ1) is 14.4. The maximum absolute atomic E-state index is 13.3. The minimum absolute atomic E-state index is 0.0951. The Kier molecular flexibility index (Phi) is 8.50. The summed E-state index contributed by atoms with van der Waals surface area (Å²) in [4.78, 5) is 40.1. The van der Waals surface area contributed by atoms with Crippen LogP contribution in [0.2, 0.25) is 0 Å². The smallest absolute Gasteiger partial charge is 0.326 e. The third-order valence-electron chi connectivity index (χ3n) is 4.93. The van der Waals surface area contributed by atoms with E-state index < -0.39 is 23.2 Å². The van der Waals surface area contributed by atoms with Crippen LogP contribution in [0.4, 0.5) is 14.5 Å². The van der Waals surface area contributed by atoms with E-state index in [1.807, 2.05) is 4.90 Å². The molecule has 9 heteroatoms. The number of nitrogens with zero attached hydrogens (tertiary/aromatic N) is 2. The maximum atomic E-state index is 13.3. The van der Waals surface area contributed by atoms with Gasteiger partial charge in [-0.2, -0.15) is 0 Å². The van der Waals surface area contributed by atoms with Gasteiger partial charge in [0.05, 0.1) is 6.54 Å². The molecule has 2 rings (SSSR count). The van der Waals surface area contributed by atoms with Gasteiger partial charge in [0.2, 0.25) is 11.8 Å². The van der Waals surface area contributed by atoms with Gasteiger partial charge in [0.15, 0.2) is 11.6 Å². The van der Waals surface area contributed by atoms with Gasteiger partial charge < -0.3 is 15.0 Å². The molecule has 31 heavy (non-hydrogen) atoms. The van der Waals surface area contributed by atoms with Gasteiger partial charge in [-0.25, -0.2) is 8.78 Å². The molecule has 0 spiro atoms. The highest BCUT2D eigenvalue weighted by molar-refractivity contribution is 5.92. The van der Waals surface area contributed by atoms with Crippen molar-refractivity contribution in [3.05, 3.63) is 29.8 Å². The second-order valence-corrected chi connectivity index (χ2v) is 8.77. The molecule has 0 radical (unpaired) electrons. The Hall–Kier alpha value is -2.55. The number of rotatable bonds is 6. The van der Waals surface area contributed by atoms with E-state index in [2.05, 4.69) is 5.32 Å². The second kappa shape index (κ2) is 10.7. The van der Waals surface area contributed by atoms with E-state index in [1.54, 1.807) is 25.7 Å². The van der Waals surface area contributed by atoms with E-state index in [4.69, 9.17) is 4.74 Å². The fourth-order valence-electron chi connectivity index (χ4n) is 3.60. The van der Waals surface area contributed by atoms with E-state index in [0.29, 0.717) is 25.9 Å². The average Bonchev–Trinajstić information content (AvgIpc) is 2.86. The molecule has 1 N–H and O–H groups in total. The average molecular weight is 440 g/mol. The number of carbonyl (C=O) groups is 3. The minimum Gasteiger partial charge on any atom is -0.459 e. The number of halogens is 2. The molecule has 1 unspecified atom stereocenters. The molecule has 172 valence electrons. The van der Waals surface area contributed by atoms with Gasteiger partial charge in [-0.05, 0) is 58.7 Å². The third-order valence-corrected chi connectivity index (χ3v) is 4.93. The normalized spacial score (nSPS) is 17.5. The number of benzene rings is 1. The maximum Gasteiger partial charge on any atom is 0.326 e. The van der Waals surface area contributed by atoms with Crippen LogP contribution < -0.4 is 5.32 Å². The van der Waals surface area contributed by atoms with E-state index in [0.717, 1.165) is 18.6 Å². The zero-order valence-corrected chi connectivity index (χ0v) is 18.5. The number of nitrogens with one attached hydrogen (secondary N) is 1. The molecule has 0 saturated carbocycles. The van der Waals surface area contributed by atoms with Crippen molar-refractivity contribution in [3.8, 4) is 0 Å². The van der Waals surface area contributed by atoms with Gasteiger partial charge in [-0.1, -0.05) is 0 Å². The molecule has 1 aliphatic heterocycles. The highest BCUT2D eigenvalue weighted by Gasteiger charge is 2.28. The number of carbonyl (C=O) groups excluding carboxylic acids is 3. The molecule has 0 aliphatic carbocycles. The lowest BCUT2D eigenvalue weighted by atomic mass is 10.1. The van der Waals surface area contributed by atoms with Crippen LogP contribution in [0.5, 0.6) is 0 Å². The SMILES string of the molecule is CC(=O)N(CC(=O)OC(C)(C)C)C1CCCN(CC(=O)Nc2ccc(F)c(F)c2)CC1. The molecule has 1 aromatic rings. The van der Waals surface area contributed by atoms with Gasteiger partial charge >= 0.3 is 5.97 Å². The fraction of sp³-hybridized carbons (Fsp3) is 0.591. The summed E-state index contributed by atoms with van der Waals surface area (Å²) in [6.45, 7) is 7.97. The zero-order valence-electron chi connectivity index (χ0n) is 18.5. The molecule has 1 aliphatic rings. The van der Waals surface area contributed by atoms with Gasteiger partial charge in [-0.3, -0.25) is 19.3 Å². The molecule has 1 fully saturated rings. The van der Waals surface area contributed by atoms with Crippen molar-refractivity contribution in [1.29, 1.82) is 0 Å². The molecular weight excluding hydrogens is 408 g/mol. The second-order valence-electron chi connectivity index (χ2n) is 8.77. The number of ether oxygens (including phenoxy) is 1. The quantitative estimate of drug-likeness (QED) is 0.690. The highest BCUT2D eigenvalue weighted by Crippen LogP contribution is 2.19. The van der Waals surface area contributed by atoms with Crippen molar-refractivity contribution in [3.63, 3.8) is 0 Å². The number of esters is 1. The predicted molar refractivity (Wildman–Crippen MR) is 112 cm³/mol. The molecular formula is C22H31F2N3O4. The summed E-state index contributed by atoms with van der Waals surface area (Å²) in [6.07, 6.45) is 2.08. The summed E-state index contributed by atoms with van der Waals surface area (Å²) >= 11 is 0. The monoisotopic (exact) mass is 439 g/mol. The summed E-state index contributed by atoms with van der Waals surface area (Å²) in [5, 5.41) is 2.56. The van der Waals surface area contributed by atoms with Crippen molar-refractivity contribution in [2.24, 2.45) is 0 Å². The van der Waals surface area contributed by atoms with Crippen molar-refractivity contribution in [2.75, 3.05) is 31.5 Å². The summed E-state index contributed by atoms with van der Waals surface area (Å²) in [7, 11) is 0. The summed E-state index contributed by atoms with van der Waals surface area (Å²) < 4.78 is 31.7. The number of anilines is 1. The number of hydrogen-bond donors (Lipinski definition) is 1. The van der Waals surface area contributed by atoms with Crippen LogP contribution in [0.3, 0.4) is 0 Å². The van der Waals surface area contributed by atoms with Crippen LogP contribution in [0, 0.1) is 11.6 Å². The molecule has 1 saturated heterocycles. The van der Waals surface area contributed by atoms with Gasteiger partial charge in [-0.15, -0.1) is 0 Å². The van der Waals surface area contributed by atoms with Crippen molar-refractivity contribution < 1.29 is 27.9 Å². The molecule has 2 amide bonds. The van der Waals surface area contributed by atoms with Crippen LogP contribution in [0.1, 0.15) is 47.0 Å². The van der Waals surface area contributed by atoms with Crippen LogP contribution in [0.25, 0.3) is 0 Å². The van der Waals surface area contributed by atoms with E-state index in [1.165, 1.54) is 13.0 Å². The minimum atomic E-state index is -1.02. The Morgan fingerprint density at radius 3 is 2.48 bits per heavy atom. The topological polar surface area (TPSA) is 79.0 Å². The highest BCUT2D eigenvalue weighted by atomic mass is 19.2. The largest absolute Gasteiger partial charge is 0.459 e. The zero-order chi connectivity index (χ0) is 23.2. The standard InChI is InChI=1S/C22H31F2N3O4/c1-15(28)27(14-21(30)31-22(2,3)4)17-6-5-10-26(11-9-17)13-20(29)25-16-7-8-18(23)19(24)12-16/h7-8,12,17H,5-6,9-11,13-14H2,1-4H3,(H,25,29). The molecule has 1 heterocycles. The van der Waals surface area contributed by atoms with Crippen LogP contribution in [-0.4, -0.2) is 65.4 Å². The Labute approximate surface area is 181 Å². The Morgan fingerprint density at radius 2 is 1.87 bits per heavy atom. The van der Waals surface area contributed by atoms with Crippen molar-refractivity contribution in [2.45, 2.75) is 58.6 Å². The predicted octanol–water partition coefficient (Wildman–Crippen LogP) is 2.95. The summed E-state index contributed by atoms with van der Waals surface area (Å²) in [6, 6.07) is 3.08. The number of amides is 2. The van der Waals surface area contributed by atoms with Crippen molar-refractivity contribution >= 4 is 23.5 Å². The molecule has 0 aromatic heterocycles. The molecule has 0 bridgehead atoms. The Morgan fingerprint density at radius 1 is 1.16 bits per heavy atom. The van der Waals surface area contributed by atoms with E-state index in [9.17, 15) is 23.2 Å². The van der Waals surface area contributed by atoms with Crippen LogP contribution in [0.15, 0.2) is 18.2 Å². The third kappa shape index (κ3) is 8.24. The molecule has 7 nitrogen and oxygen atoms in total. The van der Waals surface area contributed by atoms with Gasteiger partial charge in [0.25, 0.3) is 0 Å². The van der Waals surface area contributed by atoms with Crippen molar-refractivity contribution in [1.82, 2.24) is 9.80 Å². The lowest BCUT2D eigenvalue weighted by Crippen LogP contribution is -2.44. The summed E-state index contributed by atoms with van der Waals surface area (Å²) in [5.41, 5.74) is -0.433. The first-order valence-electron chi connectivity index (χ1n) is 10.4. The first-order valence-corrected chi connectivity index (χ1v) is 10.4. The lowest BCUT2D eigenvalue weighted by Gasteiger charge is -2.31. The van der Waals surface area contributed by atoms with Crippen LogP contribution >= 0.6 is 0 Å². The fourth-order valence-corrected chi connectivity index (χ4v) is 3.60. The summed E-state index contributed by atoms with van der Waals surface area (Å²) in [5.74, 6) is -2.97. The van der Waals surface area contributed by atoms with Crippen LogP contribution in [-0.2, 0) is 19.1 Å². The Bertz CT molecular complexity index is 810. The Balaban J connectivity index is 1.90. The lowest BCUT2D eigenvalue weighted by molar-refractivity contribution is -0.159. The van der Waals surface area contributed by atoms with E-state index in [-0.39, 0.29) is 36.6 Å².